The van der Waals surface area contributed by atoms with Gasteiger partial charge in [0.15, 0.2) is 6.29 Å². The van der Waals surface area contributed by atoms with Crippen molar-refractivity contribution in [3.63, 3.8) is 0 Å². The molecule has 2 heterocycles. The van der Waals surface area contributed by atoms with Gasteiger partial charge >= 0.3 is 0 Å². The van der Waals surface area contributed by atoms with E-state index in [1.165, 1.54) is 0 Å². The van der Waals surface area contributed by atoms with Crippen molar-refractivity contribution in [1.82, 2.24) is 9.88 Å². The molecule has 1 aromatic heterocycles. The van der Waals surface area contributed by atoms with Crippen LogP contribution in [0.3, 0.4) is 0 Å². The Morgan fingerprint density at radius 1 is 1.25 bits per heavy atom. The van der Waals surface area contributed by atoms with Crippen molar-refractivity contribution in [1.29, 1.82) is 0 Å². The van der Waals surface area contributed by atoms with Gasteiger partial charge in [-0.2, -0.15) is 0 Å². The molecule has 3 rings (SSSR count). The molecule has 0 fully saturated rings. The average molecular weight is 214 g/mol. The summed E-state index contributed by atoms with van der Waals surface area (Å²) in [6.45, 7) is 0.986. The van der Waals surface area contributed by atoms with Crippen LogP contribution in [0.5, 0.6) is 0 Å². The van der Waals surface area contributed by atoms with Gasteiger partial charge in [-0.25, -0.2) is 0 Å². The summed E-state index contributed by atoms with van der Waals surface area (Å²) in [4.78, 5) is 22.7. The SMILES string of the molecule is O=Cc1ccc2c3c1ccn3C(=O)CNC2. The molecule has 0 unspecified atom stereocenters. The monoisotopic (exact) mass is 214 g/mol. The summed E-state index contributed by atoms with van der Waals surface area (Å²) < 4.78 is 1.62. The van der Waals surface area contributed by atoms with E-state index in [2.05, 4.69) is 5.32 Å². The minimum atomic E-state index is 0.0109. The first kappa shape index (κ1) is 9.30. The fraction of sp³-hybridized carbons (Fsp3) is 0.167. The number of aromatic nitrogens is 1. The highest BCUT2D eigenvalue weighted by molar-refractivity contribution is 6.03. The predicted molar refractivity (Wildman–Crippen MR) is 59.7 cm³/mol. The van der Waals surface area contributed by atoms with Gasteiger partial charge in [-0.3, -0.25) is 14.2 Å². The number of rotatable bonds is 1. The Bertz CT molecular complexity index is 598. The number of nitrogens with zero attached hydrogens (tertiary/aromatic N) is 1. The van der Waals surface area contributed by atoms with Gasteiger partial charge in [0.1, 0.15) is 0 Å². The quantitative estimate of drug-likeness (QED) is 0.725. The highest BCUT2D eigenvalue weighted by Crippen LogP contribution is 2.24. The number of hydrogen-bond donors (Lipinski definition) is 1. The lowest BCUT2D eigenvalue weighted by Gasteiger charge is -2.03. The molecule has 0 saturated heterocycles. The third-order valence-corrected chi connectivity index (χ3v) is 2.95. The van der Waals surface area contributed by atoms with Gasteiger partial charge < -0.3 is 5.32 Å². The van der Waals surface area contributed by atoms with Crippen molar-refractivity contribution >= 4 is 23.1 Å². The van der Waals surface area contributed by atoms with Crippen molar-refractivity contribution in [2.45, 2.75) is 6.54 Å². The molecule has 1 aliphatic rings. The van der Waals surface area contributed by atoms with Crippen molar-refractivity contribution in [2.24, 2.45) is 0 Å². The zero-order chi connectivity index (χ0) is 11.1. The van der Waals surface area contributed by atoms with Crippen molar-refractivity contribution in [2.75, 3.05) is 6.54 Å². The maximum Gasteiger partial charge on any atom is 0.245 e. The molecule has 0 aliphatic carbocycles. The Labute approximate surface area is 91.9 Å². The molecule has 0 radical (unpaired) electrons. The second-order valence-corrected chi connectivity index (χ2v) is 3.88. The van der Waals surface area contributed by atoms with Crippen LogP contribution in [0.25, 0.3) is 10.9 Å². The maximum absolute atomic E-state index is 11.8. The second-order valence-electron chi connectivity index (χ2n) is 3.88. The summed E-state index contributed by atoms with van der Waals surface area (Å²) in [5, 5.41) is 3.92. The first-order chi connectivity index (χ1) is 7.81. The van der Waals surface area contributed by atoms with Crippen LogP contribution in [-0.2, 0) is 6.54 Å². The highest BCUT2D eigenvalue weighted by atomic mass is 16.2. The molecule has 0 amide bonds. The lowest BCUT2D eigenvalue weighted by molar-refractivity contribution is 0.0919. The molecule has 0 bridgehead atoms. The molecule has 0 atom stereocenters. The van der Waals surface area contributed by atoms with Crippen molar-refractivity contribution in [3.05, 3.63) is 35.5 Å². The Hall–Kier alpha value is -1.94. The molecule has 1 aliphatic heterocycles. The molecule has 4 nitrogen and oxygen atoms in total. The smallest absolute Gasteiger partial charge is 0.245 e. The maximum atomic E-state index is 11.8. The highest BCUT2D eigenvalue weighted by Gasteiger charge is 2.17. The van der Waals surface area contributed by atoms with Crippen molar-refractivity contribution < 1.29 is 9.59 Å². The molecular formula is C12H10N2O2. The van der Waals surface area contributed by atoms with Crippen molar-refractivity contribution in [3.8, 4) is 0 Å². The van der Waals surface area contributed by atoms with E-state index in [4.69, 9.17) is 0 Å². The zero-order valence-corrected chi connectivity index (χ0v) is 8.56. The summed E-state index contributed by atoms with van der Waals surface area (Å²) in [5.41, 5.74) is 2.54. The van der Waals surface area contributed by atoms with Crippen LogP contribution < -0.4 is 5.32 Å². The van der Waals surface area contributed by atoms with Crippen LogP contribution in [0.15, 0.2) is 24.4 Å². The van der Waals surface area contributed by atoms with E-state index < -0.39 is 0 Å². The second kappa shape index (κ2) is 3.28. The zero-order valence-electron chi connectivity index (χ0n) is 8.56. The van der Waals surface area contributed by atoms with Crippen LogP contribution in [0.2, 0.25) is 0 Å². The van der Waals surface area contributed by atoms with Gasteiger partial charge in [-0.15, -0.1) is 0 Å². The molecule has 1 aromatic carbocycles. The lowest BCUT2D eigenvalue weighted by atomic mass is 10.1. The number of hydrogen-bond acceptors (Lipinski definition) is 3. The third kappa shape index (κ3) is 1.13. The molecule has 2 aromatic rings. The van der Waals surface area contributed by atoms with Gasteiger partial charge in [0, 0.05) is 23.7 Å². The number of nitrogens with one attached hydrogen (secondary N) is 1. The summed E-state index contributed by atoms with van der Waals surface area (Å²) in [7, 11) is 0. The van der Waals surface area contributed by atoms with Gasteiger partial charge in [-0.05, 0) is 11.6 Å². The Balaban J connectivity index is 2.43. The van der Waals surface area contributed by atoms with E-state index >= 15 is 0 Å². The third-order valence-electron chi connectivity index (χ3n) is 2.95. The van der Waals surface area contributed by atoms with Gasteiger partial charge in [-0.1, -0.05) is 12.1 Å². The van der Waals surface area contributed by atoms with Crippen LogP contribution in [0, 0.1) is 0 Å². The van der Waals surface area contributed by atoms with Crippen LogP contribution in [0.4, 0.5) is 0 Å². The van der Waals surface area contributed by atoms with Gasteiger partial charge in [0.05, 0.1) is 12.1 Å². The fourth-order valence-electron chi connectivity index (χ4n) is 2.19. The lowest BCUT2D eigenvalue weighted by Crippen LogP contribution is -2.23. The normalized spacial score (nSPS) is 15.1. The first-order valence-corrected chi connectivity index (χ1v) is 5.13. The fourth-order valence-corrected chi connectivity index (χ4v) is 2.19. The number of carbonyl (C=O) groups excluding carboxylic acids is 2. The van der Waals surface area contributed by atoms with E-state index in [1.54, 1.807) is 16.8 Å². The summed E-state index contributed by atoms with van der Waals surface area (Å²) >= 11 is 0. The molecule has 16 heavy (non-hydrogen) atoms. The Kier molecular flexibility index (Phi) is 1.91. The molecular weight excluding hydrogens is 204 g/mol. The Morgan fingerprint density at radius 3 is 2.94 bits per heavy atom. The van der Waals surface area contributed by atoms with E-state index in [0.717, 1.165) is 22.8 Å². The minimum Gasteiger partial charge on any atom is -0.304 e. The van der Waals surface area contributed by atoms with Crippen LogP contribution >= 0.6 is 0 Å². The molecule has 0 spiro atoms. The summed E-state index contributed by atoms with van der Waals surface area (Å²) in [6, 6.07) is 5.52. The number of carbonyl (C=O) groups is 2. The Morgan fingerprint density at radius 2 is 2.12 bits per heavy atom. The van der Waals surface area contributed by atoms with Gasteiger partial charge in [0.2, 0.25) is 5.91 Å². The number of aldehydes is 1. The first-order valence-electron chi connectivity index (χ1n) is 5.13. The summed E-state index contributed by atoms with van der Waals surface area (Å²) in [6.07, 6.45) is 2.56. The summed E-state index contributed by atoms with van der Waals surface area (Å²) in [5.74, 6) is 0.0109. The van der Waals surface area contributed by atoms with Crippen LogP contribution in [-0.4, -0.2) is 23.3 Å². The standard InChI is InChI=1S/C12H10N2O2/c15-7-9-2-1-8-5-13-6-11(16)14-4-3-10(9)12(8)14/h1-4,7,13H,5-6H2. The average Bonchev–Trinajstić information content (AvgIpc) is 2.67. The van der Waals surface area contributed by atoms with Crippen LogP contribution in [0.1, 0.15) is 20.7 Å². The van der Waals surface area contributed by atoms with E-state index in [9.17, 15) is 9.59 Å². The largest absolute Gasteiger partial charge is 0.304 e. The van der Waals surface area contributed by atoms with E-state index in [-0.39, 0.29) is 5.91 Å². The minimum absolute atomic E-state index is 0.0109. The number of benzene rings is 1. The predicted octanol–water partition coefficient (Wildman–Crippen LogP) is 1.20. The molecule has 4 heteroatoms. The molecule has 80 valence electrons. The van der Waals surface area contributed by atoms with E-state index in [1.807, 2.05) is 12.1 Å². The topological polar surface area (TPSA) is 51.1 Å². The van der Waals surface area contributed by atoms with Gasteiger partial charge in [0.25, 0.3) is 0 Å². The van der Waals surface area contributed by atoms with E-state index in [0.29, 0.717) is 18.7 Å². The molecule has 0 saturated carbocycles. The molecule has 1 N–H and O–H groups in total.